The van der Waals surface area contributed by atoms with Gasteiger partial charge in [-0.15, -0.1) is 11.3 Å². The summed E-state index contributed by atoms with van der Waals surface area (Å²) in [7, 11) is 6.58. The number of methoxy groups -OCH3 is 2. The van der Waals surface area contributed by atoms with Gasteiger partial charge >= 0.3 is 0 Å². The molecule has 5 nitrogen and oxygen atoms in total. The molecule has 0 saturated carbocycles. The van der Waals surface area contributed by atoms with Gasteiger partial charge in [0.25, 0.3) is 5.91 Å². The maximum absolute atomic E-state index is 12.3. The summed E-state index contributed by atoms with van der Waals surface area (Å²) in [6, 6.07) is 5.54. The molecule has 2 N–H and O–H groups in total. The fraction of sp³-hybridized carbons (Fsp3) is 0.267. The number of carbonyl (C=O) groups excluding carboxylic acids is 1. The summed E-state index contributed by atoms with van der Waals surface area (Å²) in [5.74, 6) is 1.14. The van der Waals surface area contributed by atoms with Crippen LogP contribution >= 0.6 is 11.3 Å². The van der Waals surface area contributed by atoms with E-state index in [1.165, 1.54) is 16.2 Å². The van der Waals surface area contributed by atoms with E-state index in [-0.39, 0.29) is 5.91 Å². The van der Waals surface area contributed by atoms with Crippen molar-refractivity contribution in [3.05, 3.63) is 29.1 Å². The van der Waals surface area contributed by atoms with E-state index in [2.05, 4.69) is 0 Å². The molecular weight excluding hydrogens is 288 g/mol. The molecule has 21 heavy (non-hydrogen) atoms. The average molecular weight is 306 g/mol. The minimum absolute atomic E-state index is 0.112. The number of carbonyl (C=O) groups is 1. The Hall–Kier alpha value is -2.21. The Morgan fingerprint density at radius 1 is 1.19 bits per heavy atom. The lowest BCUT2D eigenvalue weighted by molar-refractivity contribution is 0.0830. The number of anilines is 1. The third-order valence-electron chi connectivity index (χ3n) is 3.13. The SMILES string of the molecule is COc1ccc(-c2csc(N)c2C(=O)N(C)C)cc1OC. The molecular formula is C15H18N2O3S. The van der Waals surface area contributed by atoms with Crippen LogP contribution in [0.1, 0.15) is 10.4 Å². The molecule has 0 bridgehead atoms. The predicted octanol–water partition coefficient (Wildman–Crippen LogP) is 2.72. The molecule has 0 aliphatic rings. The first-order valence-electron chi connectivity index (χ1n) is 6.30. The topological polar surface area (TPSA) is 64.8 Å². The van der Waals surface area contributed by atoms with Gasteiger partial charge in [-0.3, -0.25) is 4.79 Å². The number of hydrogen-bond acceptors (Lipinski definition) is 5. The Morgan fingerprint density at radius 2 is 1.86 bits per heavy atom. The van der Waals surface area contributed by atoms with Gasteiger partial charge in [0.1, 0.15) is 0 Å². The Morgan fingerprint density at radius 3 is 2.43 bits per heavy atom. The lowest BCUT2D eigenvalue weighted by Gasteiger charge is -2.13. The molecule has 0 aliphatic heterocycles. The molecule has 1 aromatic carbocycles. The Labute approximate surface area is 127 Å². The van der Waals surface area contributed by atoms with Crippen LogP contribution in [0.4, 0.5) is 5.00 Å². The van der Waals surface area contributed by atoms with Gasteiger partial charge in [0.05, 0.1) is 24.8 Å². The monoisotopic (exact) mass is 306 g/mol. The van der Waals surface area contributed by atoms with Gasteiger partial charge in [-0.25, -0.2) is 0 Å². The Kier molecular flexibility index (Phi) is 4.37. The summed E-state index contributed by atoms with van der Waals surface area (Å²) in [4.78, 5) is 13.8. The number of nitrogens with two attached hydrogens (primary N) is 1. The normalized spacial score (nSPS) is 10.3. The van der Waals surface area contributed by atoms with E-state index in [1.807, 2.05) is 23.6 Å². The van der Waals surface area contributed by atoms with Gasteiger partial charge in [0.2, 0.25) is 0 Å². The molecule has 1 heterocycles. The van der Waals surface area contributed by atoms with Crippen LogP contribution in [0.3, 0.4) is 0 Å². The van der Waals surface area contributed by atoms with Crippen molar-refractivity contribution in [2.24, 2.45) is 0 Å². The van der Waals surface area contributed by atoms with E-state index in [9.17, 15) is 4.79 Å². The molecule has 1 aromatic heterocycles. The highest BCUT2D eigenvalue weighted by atomic mass is 32.1. The van der Waals surface area contributed by atoms with Crippen molar-refractivity contribution in [3.8, 4) is 22.6 Å². The Bertz CT molecular complexity index is 665. The van der Waals surface area contributed by atoms with Crippen LogP contribution < -0.4 is 15.2 Å². The van der Waals surface area contributed by atoms with Gasteiger partial charge in [-0.2, -0.15) is 0 Å². The molecule has 6 heteroatoms. The van der Waals surface area contributed by atoms with Crippen LogP contribution in [0, 0.1) is 0 Å². The third kappa shape index (κ3) is 2.80. The number of nitrogens with zero attached hydrogens (tertiary/aromatic N) is 1. The largest absolute Gasteiger partial charge is 0.493 e. The van der Waals surface area contributed by atoms with Crippen LogP contribution in [0.15, 0.2) is 23.6 Å². The number of nitrogen functional groups attached to an aromatic ring is 1. The summed E-state index contributed by atoms with van der Waals surface area (Å²) in [5.41, 5.74) is 8.15. The molecule has 1 amide bonds. The zero-order valence-electron chi connectivity index (χ0n) is 12.5. The average Bonchev–Trinajstić information content (AvgIpc) is 2.87. The number of hydrogen-bond donors (Lipinski definition) is 1. The van der Waals surface area contributed by atoms with Crippen molar-refractivity contribution in [2.45, 2.75) is 0 Å². The molecule has 0 unspecified atom stereocenters. The smallest absolute Gasteiger partial charge is 0.256 e. The van der Waals surface area contributed by atoms with E-state index in [4.69, 9.17) is 15.2 Å². The van der Waals surface area contributed by atoms with E-state index >= 15 is 0 Å². The maximum atomic E-state index is 12.3. The second kappa shape index (κ2) is 6.05. The van der Waals surface area contributed by atoms with Gasteiger partial charge < -0.3 is 20.1 Å². The number of ether oxygens (including phenoxy) is 2. The zero-order valence-corrected chi connectivity index (χ0v) is 13.3. The zero-order chi connectivity index (χ0) is 15.6. The van der Waals surface area contributed by atoms with E-state index in [0.29, 0.717) is 22.1 Å². The lowest BCUT2D eigenvalue weighted by Crippen LogP contribution is -2.22. The molecule has 0 fully saturated rings. The summed E-state index contributed by atoms with van der Waals surface area (Å²) in [6.45, 7) is 0. The second-order valence-electron chi connectivity index (χ2n) is 4.66. The molecule has 0 aliphatic carbocycles. The molecule has 2 rings (SSSR count). The van der Waals surface area contributed by atoms with Crippen LogP contribution in [-0.2, 0) is 0 Å². The molecule has 0 atom stereocenters. The number of thiophene rings is 1. The van der Waals surface area contributed by atoms with E-state index in [0.717, 1.165) is 11.1 Å². The summed E-state index contributed by atoms with van der Waals surface area (Å²) < 4.78 is 10.5. The molecule has 112 valence electrons. The summed E-state index contributed by atoms with van der Waals surface area (Å²) in [6.07, 6.45) is 0. The van der Waals surface area contributed by atoms with Gasteiger partial charge in [0.15, 0.2) is 11.5 Å². The van der Waals surface area contributed by atoms with Crippen LogP contribution in [0.2, 0.25) is 0 Å². The summed E-state index contributed by atoms with van der Waals surface area (Å²) >= 11 is 1.35. The van der Waals surface area contributed by atoms with Gasteiger partial charge in [-0.05, 0) is 17.7 Å². The van der Waals surface area contributed by atoms with E-state index < -0.39 is 0 Å². The van der Waals surface area contributed by atoms with Crippen molar-refractivity contribution in [1.29, 1.82) is 0 Å². The fourth-order valence-electron chi connectivity index (χ4n) is 2.03. The predicted molar refractivity (Wildman–Crippen MR) is 85.3 cm³/mol. The maximum Gasteiger partial charge on any atom is 0.256 e. The van der Waals surface area contributed by atoms with Gasteiger partial charge in [0, 0.05) is 25.0 Å². The highest BCUT2D eigenvalue weighted by Gasteiger charge is 2.20. The lowest BCUT2D eigenvalue weighted by atomic mass is 10.0. The highest BCUT2D eigenvalue weighted by Crippen LogP contribution is 2.38. The van der Waals surface area contributed by atoms with Crippen molar-refractivity contribution in [3.63, 3.8) is 0 Å². The van der Waals surface area contributed by atoms with Crippen molar-refractivity contribution >= 4 is 22.2 Å². The van der Waals surface area contributed by atoms with Crippen molar-refractivity contribution in [2.75, 3.05) is 34.0 Å². The minimum atomic E-state index is -0.112. The van der Waals surface area contributed by atoms with Crippen LogP contribution in [0.25, 0.3) is 11.1 Å². The van der Waals surface area contributed by atoms with Gasteiger partial charge in [-0.1, -0.05) is 6.07 Å². The standard InChI is InChI=1S/C15H18N2O3S/c1-17(2)15(18)13-10(8-21-14(13)16)9-5-6-11(19-3)12(7-9)20-4/h5-8H,16H2,1-4H3. The third-order valence-corrected chi connectivity index (χ3v) is 3.95. The highest BCUT2D eigenvalue weighted by molar-refractivity contribution is 7.15. The first-order valence-corrected chi connectivity index (χ1v) is 7.18. The summed E-state index contributed by atoms with van der Waals surface area (Å²) in [5, 5.41) is 2.39. The number of amides is 1. The van der Waals surface area contributed by atoms with E-state index in [1.54, 1.807) is 28.3 Å². The fourth-order valence-corrected chi connectivity index (χ4v) is 2.85. The van der Waals surface area contributed by atoms with Crippen LogP contribution in [0.5, 0.6) is 11.5 Å². The van der Waals surface area contributed by atoms with Crippen molar-refractivity contribution < 1.29 is 14.3 Å². The quantitative estimate of drug-likeness (QED) is 0.943. The number of benzene rings is 1. The number of rotatable bonds is 4. The molecule has 2 aromatic rings. The Balaban J connectivity index is 2.55. The molecule has 0 radical (unpaired) electrons. The molecule has 0 spiro atoms. The second-order valence-corrected chi connectivity index (χ2v) is 5.57. The first kappa shape index (κ1) is 15.2. The van der Waals surface area contributed by atoms with Crippen molar-refractivity contribution in [1.82, 2.24) is 4.90 Å². The molecule has 0 saturated heterocycles. The van der Waals surface area contributed by atoms with Crippen LogP contribution in [-0.4, -0.2) is 39.1 Å². The minimum Gasteiger partial charge on any atom is -0.493 e. The first-order chi connectivity index (χ1) is 9.99.